The van der Waals surface area contributed by atoms with Crippen molar-refractivity contribution in [2.75, 3.05) is 6.54 Å². The molecule has 4 aromatic rings. The molecule has 0 saturated carbocycles. The molecule has 0 radical (unpaired) electrons. The van der Waals surface area contributed by atoms with Crippen molar-refractivity contribution in [3.05, 3.63) is 107 Å². The fraction of sp³-hybridized carbons (Fsp3) is 0.125. The van der Waals surface area contributed by atoms with Gasteiger partial charge in [0.25, 0.3) is 5.91 Å². The highest BCUT2D eigenvalue weighted by Gasteiger charge is 2.18. The molecular formula is C24H21NO3S. The molecule has 0 atom stereocenters. The number of para-hydroxylation sites is 1. The summed E-state index contributed by atoms with van der Waals surface area (Å²) in [7, 11) is 0. The van der Waals surface area contributed by atoms with E-state index in [1.54, 1.807) is 29.7 Å². The van der Waals surface area contributed by atoms with Crippen LogP contribution < -0.4 is 4.74 Å². The van der Waals surface area contributed by atoms with E-state index in [4.69, 9.17) is 9.15 Å². The Morgan fingerprint density at radius 1 is 0.897 bits per heavy atom. The summed E-state index contributed by atoms with van der Waals surface area (Å²) in [5, 5.41) is 2.06. The summed E-state index contributed by atoms with van der Waals surface area (Å²) in [6, 6.07) is 24.7. The SMILES string of the molecule is O=C(c1ccc(Oc2ccccc2)cc1)N(CCc1cccs1)Cc1ccco1. The number of nitrogens with zero attached hydrogens (tertiary/aromatic N) is 1. The van der Waals surface area contributed by atoms with Gasteiger partial charge in [0.2, 0.25) is 0 Å². The van der Waals surface area contributed by atoms with Crippen LogP contribution in [0.3, 0.4) is 0 Å². The molecule has 0 bridgehead atoms. The van der Waals surface area contributed by atoms with Crippen molar-refractivity contribution in [1.29, 1.82) is 0 Å². The van der Waals surface area contributed by atoms with Gasteiger partial charge >= 0.3 is 0 Å². The zero-order valence-electron chi connectivity index (χ0n) is 15.9. The Labute approximate surface area is 174 Å². The van der Waals surface area contributed by atoms with Gasteiger partial charge in [-0.25, -0.2) is 0 Å². The van der Waals surface area contributed by atoms with Crippen LogP contribution in [0.2, 0.25) is 0 Å². The standard InChI is InChI=1S/C24H21NO3S/c26-24(19-10-12-21(13-11-19)28-20-6-2-1-3-7-20)25(18-22-8-4-16-27-22)15-14-23-9-5-17-29-23/h1-13,16-17H,14-15,18H2. The number of amides is 1. The summed E-state index contributed by atoms with van der Waals surface area (Å²) in [6.45, 7) is 1.07. The molecule has 0 N–H and O–H groups in total. The topological polar surface area (TPSA) is 42.7 Å². The number of hydrogen-bond acceptors (Lipinski definition) is 4. The van der Waals surface area contributed by atoms with E-state index in [2.05, 4.69) is 11.4 Å². The van der Waals surface area contributed by atoms with Gasteiger partial charge in [0.05, 0.1) is 12.8 Å². The lowest BCUT2D eigenvalue weighted by molar-refractivity contribution is 0.0734. The zero-order valence-corrected chi connectivity index (χ0v) is 16.7. The summed E-state index contributed by atoms with van der Waals surface area (Å²) < 4.78 is 11.3. The second-order valence-corrected chi connectivity index (χ2v) is 7.61. The largest absolute Gasteiger partial charge is 0.467 e. The van der Waals surface area contributed by atoms with Crippen LogP contribution in [-0.2, 0) is 13.0 Å². The van der Waals surface area contributed by atoms with Crippen LogP contribution in [0.1, 0.15) is 21.0 Å². The third kappa shape index (κ3) is 5.15. The molecule has 0 aliphatic heterocycles. The highest BCUT2D eigenvalue weighted by Crippen LogP contribution is 2.22. The normalized spacial score (nSPS) is 10.6. The number of benzene rings is 2. The molecule has 2 heterocycles. The van der Waals surface area contributed by atoms with E-state index in [9.17, 15) is 4.79 Å². The molecule has 0 aliphatic rings. The number of furan rings is 1. The van der Waals surface area contributed by atoms with Crippen molar-refractivity contribution in [3.63, 3.8) is 0 Å². The van der Waals surface area contributed by atoms with Gasteiger partial charge in [-0.05, 0) is 66.4 Å². The van der Waals surface area contributed by atoms with Crippen molar-refractivity contribution in [2.45, 2.75) is 13.0 Å². The second-order valence-electron chi connectivity index (χ2n) is 6.57. The van der Waals surface area contributed by atoms with Gasteiger partial charge in [-0.15, -0.1) is 11.3 Å². The number of hydrogen-bond donors (Lipinski definition) is 0. The van der Waals surface area contributed by atoms with E-state index < -0.39 is 0 Å². The first-order valence-corrected chi connectivity index (χ1v) is 10.3. The fourth-order valence-electron chi connectivity index (χ4n) is 3.02. The number of rotatable bonds is 8. The molecule has 1 amide bonds. The lowest BCUT2D eigenvalue weighted by Crippen LogP contribution is -2.32. The average molecular weight is 404 g/mol. The molecular weight excluding hydrogens is 382 g/mol. The third-order valence-electron chi connectivity index (χ3n) is 4.50. The molecule has 0 aliphatic carbocycles. The van der Waals surface area contributed by atoms with E-state index in [1.165, 1.54) is 4.88 Å². The molecule has 5 heteroatoms. The van der Waals surface area contributed by atoms with Crippen molar-refractivity contribution in [3.8, 4) is 11.5 Å². The molecule has 0 fully saturated rings. The Morgan fingerprint density at radius 3 is 2.38 bits per heavy atom. The summed E-state index contributed by atoms with van der Waals surface area (Å²) in [5.41, 5.74) is 0.628. The van der Waals surface area contributed by atoms with Crippen LogP contribution in [0.25, 0.3) is 0 Å². The van der Waals surface area contributed by atoms with Crippen LogP contribution in [0.4, 0.5) is 0 Å². The van der Waals surface area contributed by atoms with Gasteiger partial charge in [0.15, 0.2) is 0 Å². The first-order valence-electron chi connectivity index (χ1n) is 9.45. The lowest BCUT2D eigenvalue weighted by atomic mass is 10.1. The Bertz CT molecular complexity index is 1010. The van der Waals surface area contributed by atoms with Crippen LogP contribution in [0.15, 0.2) is 94.9 Å². The Hall–Kier alpha value is -3.31. The predicted octanol–water partition coefficient (Wildman–Crippen LogP) is 6.02. The van der Waals surface area contributed by atoms with Crippen LogP contribution in [0, 0.1) is 0 Å². The van der Waals surface area contributed by atoms with Gasteiger partial charge in [-0.2, -0.15) is 0 Å². The monoisotopic (exact) mass is 403 g/mol. The van der Waals surface area contributed by atoms with Gasteiger partial charge in [-0.1, -0.05) is 24.3 Å². The van der Waals surface area contributed by atoms with E-state index >= 15 is 0 Å². The van der Waals surface area contributed by atoms with E-state index in [-0.39, 0.29) is 5.91 Å². The van der Waals surface area contributed by atoms with E-state index in [0.29, 0.717) is 24.4 Å². The van der Waals surface area contributed by atoms with Crippen LogP contribution >= 0.6 is 11.3 Å². The zero-order chi connectivity index (χ0) is 19.9. The van der Waals surface area contributed by atoms with Crippen molar-refractivity contribution in [2.24, 2.45) is 0 Å². The van der Waals surface area contributed by atoms with Crippen LogP contribution in [0.5, 0.6) is 11.5 Å². The quantitative estimate of drug-likeness (QED) is 0.361. The summed E-state index contributed by atoms with van der Waals surface area (Å²) in [4.78, 5) is 16.2. The lowest BCUT2D eigenvalue weighted by Gasteiger charge is -2.21. The van der Waals surface area contributed by atoms with Gasteiger partial charge in [0, 0.05) is 17.0 Å². The predicted molar refractivity (Wildman–Crippen MR) is 114 cm³/mol. The van der Waals surface area contributed by atoms with Crippen molar-refractivity contribution >= 4 is 17.2 Å². The average Bonchev–Trinajstić information content (AvgIpc) is 3.46. The minimum Gasteiger partial charge on any atom is -0.467 e. The molecule has 0 saturated heterocycles. The maximum atomic E-state index is 13.1. The van der Waals surface area contributed by atoms with Gasteiger partial charge < -0.3 is 14.1 Å². The van der Waals surface area contributed by atoms with Crippen molar-refractivity contribution < 1.29 is 13.9 Å². The first-order chi connectivity index (χ1) is 14.3. The minimum absolute atomic E-state index is 0.0239. The number of thiophene rings is 1. The summed E-state index contributed by atoms with van der Waals surface area (Å²) in [5.74, 6) is 2.21. The summed E-state index contributed by atoms with van der Waals surface area (Å²) in [6.07, 6.45) is 2.45. The highest BCUT2D eigenvalue weighted by atomic mass is 32.1. The molecule has 0 unspecified atom stereocenters. The smallest absolute Gasteiger partial charge is 0.254 e. The molecule has 2 aromatic heterocycles. The number of carbonyl (C=O) groups is 1. The third-order valence-corrected chi connectivity index (χ3v) is 5.44. The Balaban J connectivity index is 1.46. The molecule has 146 valence electrons. The van der Waals surface area contributed by atoms with Crippen LogP contribution in [-0.4, -0.2) is 17.4 Å². The Morgan fingerprint density at radius 2 is 1.69 bits per heavy atom. The minimum atomic E-state index is -0.0239. The maximum absolute atomic E-state index is 13.1. The van der Waals surface area contributed by atoms with Gasteiger partial charge in [-0.3, -0.25) is 4.79 Å². The Kier molecular flexibility index (Phi) is 6.07. The first kappa shape index (κ1) is 19.0. The molecule has 29 heavy (non-hydrogen) atoms. The highest BCUT2D eigenvalue weighted by molar-refractivity contribution is 7.09. The van der Waals surface area contributed by atoms with Crippen molar-refractivity contribution in [1.82, 2.24) is 4.90 Å². The maximum Gasteiger partial charge on any atom is 0.254 e. The summed E-state index contributed by atoms with van der Waals surface area (Å²) >= 11 is 1.71. The number of carbonyl (C=O) groups excluding carboxylic acids is 1. The molecule has 4 rings (SSSR count). The number of ether oxygens (including phenoxy) is 1. The molecule has 2 aromatic carbocycles. The van der Waals surface area contributed by atoms with Gasteiger partial charge in [0.1, 0.15) is 17.3 Å². The second kappa shape index (κ2) is 9.26. The van der Waals surface area contributed by atoms with E-state index in [1.807, 2.05) is 65.6 Å². The molecule has 0 spiro atoms. The molecule has 4 nitrogen and oxygen atoms in total. The fourth-order valence-corrected chi connectivity index (χ4v) is 3.71. The van der Waals surface area contributed by atoms with E-state index in [0.717, 1.165) is 17.9 Å².